The van der Waals surface area contributed by atoms with Crippen LogP contribution in [0.25, 0.3) is 11.3 Å². The number of nitrogens with zero attached hydrogens (tertiary/aromatic N) is 2. The number of rotatable bonds is 2. The minimum atomic E-state index is -0.621. The second-order valence-corrected chi connectivity index (χ2v) is 4.58. The topological polar surface area (TPSA) is 43.8 Å². The van der Waals surface area contributed by atoms with Crippen molar-refractivity contribution in [1.82, 2.24) is 9.78 Å². The van der Waals surface area contributed by atoms with Gasteiger partial charge in [0.15, 0.2) is 0 Å². The summed E-state index contributed by atoms with van der Waals surface area (Å²) in [5, 5.41) is 4.24. The maximum absolute atomic E-state index is 13.2. The third-order valence-corrected chi connectivity index (χ3v) is 2.84. The summed E-state index contributed by atoms with van der Waals surface area (Å²) < 4.78 is 28.0. The zero-order valence-electron chi connectivity index (χ0n) is 10.5. The number of hydrogen-bond acceptors (Lipinski definition) is 2. The smallest absolute Gasteiger partial charge is 0.126 e. The highest BCUT2D eigenvalue weighted by Gasteiger charge is 2.19. The average Bonchev–Trinajstić information content (AvgIpc) is 2.54. The molecule has 0 spiro atoms. The number of nitrogens with two attached hydrogens (primary N) is 1. The fourth-order valence-corrected chi connectivity index (χ4v) is 2.03. The molecule has 0 unspecified atom stereocenters. The summed E-state index contributed by atoms with van der Waals surface area (Å²) >= 11 is 0. The third kappa shape index (κ3) is 2.08. The van der Waals surface area contributed by atoms with Crippen LogP contribution < -0.4 is 5.73 Å². The number of aromatic nitrogens is 2. The predicted molar refractivity (Wildman–Crippen MR) is 67.1 cm³/mol. The van der Waals surface area contributed by atoms with E-state index in [2.05, 4.69) is 5.10 Å². The lowest BCUT2D eigenvalue weighted by atomic mass is 9.98. The van der Waals surface area contributed by atoms with Crippen LogP contribution in [0.5, 0.6) is 0 Å². The molecule has 2 rings (SSSR count). The Labute approximate surface area is 104 Å². The summed E-state index contributed by atoms with van der Waals surface area (Å²) in [6.45, 7) is 3.93. The van der Waals surface area contributed by atoms with E-state index in [0.29, 0.717) is 17.1 Å². The van der Waals surface area contributed by atoms with Crippen molar-refractivity contribution in [1.29, 1.82) is 0 Å². The number of halogens is 2. The van der Waals surface area contributed by atoms with Crippen LogP contribution in [0.15, 0.2) is 18.2 Å². The van der Waals surface area contributed by atoms with Gasteiger partial charge in [-0.3, -0.25) is 4.68 Å². The first kappa shape index (κ1) is 12.5. The molecule has 0 bridgehead atoms. The Bertz CT molecular complexity index is 568. The van der Waals surface area contributed by atoms with Gasteiger partial charge in [0.2, 0.25) is 0 Å². The van der Waals surface area contributed by atoms with Gasteiger partial charge in [0.1, 0.15) is 17.5 Å². The SMILES string of the molecule is CC(C)c1c(-c2cc(F)cc(F)c2)nn(C)c1N. The number of anilines is 1. The minimum Gasteiger partial charge on any atom is -0.384 e. The summed E-state index contributed by atoms with van der Waals surface area (Å²) in [6.07, 6.45) is 0. The van der Waals surface area contributed by atoms with E-state index in [1.165, 1.54) is 16.8 Å². The Morgan fingerprint density at radius 1 is 1.17 bits per heavy atom. The number of aryl methyl sites for hydroxylation is 1. The fourth-order valence-electron chi connectivity index (χ4n) is 2.03. The van der Waals surface area contributed by atoms with Gasteiger partial charge in [-0.05, 0) is 18.1 Å². The zero-order chi connectivity index (χ0) is 13.4. The molecule has 0 atom stereocenters. The van der Waals surface area contributed by atoms with Crippen molar-refractivity contribution in [3.05, 3.63) is 35.4 Å². The molecule has 0 aliphatic heterocycles. The Balaban J connectivity index is 2.67. The molecule has 0 radical (unpaired) electrons. The van der Waals surface area contributed by atoms with Crippen LogP contribution >= 0.6 is 0 Å². The van der Waals surface area contributed by atoms with Gasteiger partial charge in [0, 0.05) is 24.2 Å². The lowest BCUT2D eigenvalue weighted by molar-refractivity contribution is 0.584. The van der Waals surface area contributed by atoms with Crippen LogP contribution in [0.3, 0.4) is 0 Å². The third-order valence-electron chi connectivity index (χ3n) is 2.84. The summed E-state index contributed by atoms with van der Waals surface area (Å²) in [4.78, 5) is 0. The van der Waals surface area contributed by atoms with Gasteiger partial charge < -0.3 is 5.73 Å². The highest BCUT2D eigenvalue weighted by molar-refractivity contribution is 5.69. The van der Waals surface area contributed by atoms with Crippen LogP contribution in [-0.2, 0) is 7.05 Å². The Morgan fingerprint density at radius 3 is 2.22 bits per heavy atom. The zero-order valence-corrected chi connectivity index (χ0v) is 10.5. The monoisotopic (exact) mass is 251 g/mol. The van der Waals surface area contributed by atoms with E-state index in [4.69, 9.17) is 5.73 Å². The molecule has 0 aliphatic rings. The van der Waals surface area contributed by atoms with Gasteiger partial charge in [-0.15, -0.1) is 0 Å². The van der Waals surface area contributed by atoms with E-state index in [1.54, 1.807) is 7.05 Å². The molecule has 2 N–H and O–H groups in total. The Hall–Kier alpha value is -1.91. The van der Waals surface area contributed by atoms with Gasteiger partial charge in [-0.1, -0.05) is 13.8 Å². The molecule has 0 saturated carbocycles. The van der Waals surface area contributed by atoms with Crippen molar-refractivity contribution in [2.24, 2.45) is 7.05 Å². The minimum absolute atomic E-state index is 0.125. The summed E-state index contributed by atoms with van der Waals surface area (Å²) in [6, 6.07) is 3.36. The summed E-state index contributed by atoms with van der Waals surface area (Å²) in [5.41, 5.74) is 7.68. The van der Waals surface area contributed by atoms with Crippen LogP contribution in [0, 0.1) is 11.6 Å². The summed E-state index contributed by atoms with van der Waals surface area (Å²) in [5.74, 6) is -0.599. The average molecular weight is 251 g/mol. The number of benzene rings is 1. The molecule has 2 aromatic rings. The van der Waals surface area contributed by atoms with Crippen LogP contribution in [0.4, 0.5) is 14.6 Å². The van der Waals surface area contributed by atoms with Gasteiger partial charge in [-0.2, -0.15) is 5.10 Å². The van der Waals surface area contributed by atoms with Crippen molar-refractivity contribution < 1.29 is 8.78 Å². The summed E-state index contributed by atoms with van der Waals surface area (Å²) in [7, 11) is 1.71. The molecular formula is C13H15F2N3. The lowest BCUT2D eigenvalue weighted by Crippen LogP contribution is -2.00. The second-order valence-electron chi connectivity index (χ2n) is 4.58. The standard InChI is InChI=1S/C13H15F2N3/c1-7(2)11-12(17-18(3)13(11)16)8-4-9(14)6-10(15)5-8/h4-7H,16H2,1-3H3. The van der Waals surface area contributed by atoms with Crippen LogP contribution in [-0.4, -0.2) is 9.78 Å². The molecular weight excluding hydrogens is 236 g/mol. The Kier molecular flexibility index (Phi) is 3.07. The van der Waals surface area contributed by atoms with Crippen molar-refractivity contribution in [3.8, 4) is 11.3 Å². The molecule has 0 fully saturated rings. The molecule has 1 heterocycles. The van der Waals surface area contributed by atoms with E-state index in [1.807, 2.05) is 13.8 Å². The van der Waals surface area contributed by atoms with Gasteiger partial charge in [-0.25, -0.2) is 8.78 Å². The van der Waals surface area contributed by atoms with Crippen molar-refractivity contribution >= 4 is 5.82 Å². The maximum Gasteiger partial charge on any atom is 0.126 e. The number of hydrogen-bond donors (Lipinski definition) is 1. The van der Waals surface area contributed by atoms with Crippen molar-refractivity contribution in [2.75, 3.05) is 5.73 Å². The highest BCUT2D eigenvalue weighted by atomic mass is 19.1. The van der Waals surface area contributed by atoms with E-state index in [9.17, 15) is 8.78 Å². The van der Waals surface area contributed by atoms with Gasteiger partial charge in [0.05, 0.1) is 5.69 Å². The molecule has 0 aliphatic carbocycles. The number of nitrogen functional groups attached to an aromatic ring is 1. The molecule has 0 amide bonds. The largest absolute Gasteiger partial charge is 0.384 e. The first-order chi connectivity index (χ1) is 8.40. The van der Waals surface area contributed by atoms with E-state index in [-0.39, 0.29) is 5.92 Å². The van der Waals surface area contributed by atoms with E-state index < -0.39 is 11.6 Å². The molecule has 1 aromatic heterocycles. The van der Waals surface area contributed by atoms with Crippen molar-refractivity contribution in [3.63, 3.8) is 0 Å². The molecule has 96 valence electrons. The van der Waals surface area contributed by atoms with Crippen molar-refractivity contribution in [2.45, 2.75) is 19.8 Å². The molecule has 3 nitrogen and oxygen atoms in total. The maximum atomic E-state index is 13.2. The quantitative estimate of drug-likeness (QED) is 0.891. The highest BCUT2D eigenvalue weighted by Crippen LogP contribution is 2.33. The predicted octanol–water partition coefficient (Wildman–Crippen LogP) is 3.07. The molecule has 0 saturated heterocycles. The van der Waals surface area contributed by atoms with Crippen LogP contribution in [0.1, 0.15) is 25.3 Å². The normalized spacial score (nSPS) is 11.2. The van der Waals surface area contributed by atoms with E-state index >= 15 is 0 Å². The van der Waals surface area contributed by atoms with Gasteiger partial charge >= 0.3 is 0 Å². The fraction of sp³-hybridized carbons (Fsp3) is 0.308. The van der Waals surface area contributed by atoms with Crippen LogP contribution in [0.2, 0.25) is 0 Å². The molecule has 18 heavy (non-hydrogen) atoms. The molecule has 1 aromatic carbocycles. The van der Waals surface area contributed by atoms with E-state index in [0.717, 1.165) is 11.6 Å². The first-order valence-corrected chi connectivity index (χ1v) is 5.69. The first-order valence-electron chi connectivity index (χ1n) is 5.69. The van der Waals surface area contributed by atoms with Gasteiger partial charge in [0.25, 0.3) is 0 Å². The Morgan fingerprint density at radius 2 is 1.72 bits per heavy atom. The molecule has 5 heteroatoms. The second kappa shape index (κ2) is 4.40. The lowest BCUT2D eigenvalue weighted by Gasteiger charge is -2.07.